The van der Waals surface area contributed by atoms with E-state index in [9.17, 15) is 9.59 Å². The molecule has 1 aliphatic heterocycles. The van der Waals surface area contributed by atoms with E-state index in [1.807, 2.05) is 49.4 Å². The van der Waals surface area contributed by atoms with E-state index in [0.29, 0.717) is 13.0 Å². The third kappa shape index (κ3) is 5.25. The Hall–Kier alpha value is -3.02. The number of rotatable bonds is 7. The van der Waals surface area contributed by atoms with Gasteiger partial charge in [-0.05, 0) is 49.4 Å². The number of hydrazine groups is 1. The first kappa shape index (κ1) is 19.7. The van der Waals surface area contributed by atoms with E-state index in [0.717, 1.165) is 36.4 Å². The van der Waals surface area contributed by atoms with Crippen molar-refractivity contribution in [3.8, 4) is 5.75 Å². The third-order valence-electron chi connectivity index (χ3n) is 4.78. The maximum absolute atomic E-state index is 12.3. The molecule has 0 saturated heterocycles. The molecule has 0 atom stereocenters. The molecule has 28 heavy (non-hydrogen) atoms. The Morgan fingerprint density at radius 2 is 1.79 bits per heavy atom. The van der Waals surface area contributed by atoms with Crippen molar-refractivity contribution in [2.24, 2.45) is 0 Å². The number of aryl methyl sites for hydroxylation is 2. The first-order valence-electron chi connectivity index (χ1n) is 9.78. The highest BCUT2D eigenvalue weighted by atomic mass is 16.5. The Balaban J connectivity index is 1.45. The fourth-order valence-electron chi connectivity index (χ4n) is 3.45. The molecule has 1 aliphatic rings. The molecule has 0 unspecified atom stereocenters. The van der Waals surface area contributed by atoms with Crippen molar-refractivity contribution in [3.63, 3.8) is 0 Å². The quantitative estimate of drug-likeness (QED) is 0.724. The molecule has 0 spiro atoms. The fourth-order valence-corrected chi connectivity index (χ4v) is 3.45. The first-order valence-corrected chi connectivity index (χ1v) is 9.78. The largest absolute Gasteiger partial charge is 0.494 e. The van der Waals surface area contributed by atoms with Gasteiger partial charge < -0.3 is 9.64 Å². The molecule has 0 bridgehead atoms. The van der Waals surface area contributed by atoms with Gasteiger partial charge in [0.25, 0.3) is 5.91 Å². The molecule has 0 aliphatic carbocycles. The first-order chi connectivity index (χ1) is 13.7. The zero-order valence-electron chi connectivity index (χ0n) is 16.2. The predicted molar refractivity (Wildman–Crippen MR) is 109 cm³/mol. The van der Waals surface area contributed by atoms with Crippen molar-refractivity contribution in [3.05, 3.63) is 59.7 Å². The molecule has 0 radical (unpaired) electrons. The summed E-state index contributed by atoms with van der Waals surface area (Å²) in [5.74, 6) is 0.351. The molecule has 0 aromatic heterocycles. The van der Waals surface area contributed by atoms with Crippen LogP contribution in [0.2, 0.25) is 0 Å². The average molecular weight is 381 g/mol. The summed E-state index contributed by atoms with van der Waals surface area (Å²) in [7, 11) is 0. The minimum atomic E-state index is -0.223. The minimum absolute atomic E-state index is 0.222. The molecule has 2 aromatic rings. The molecule has 1 heterocycles. The molecule has 3 rings (SSSR count). The van der Waals surface area contributed by atoms with E-state index in [2.05, 4.69) is 21.8 Å². The number of benzene rings is 2. The highest BCUT2D eigenvalue weighted by Crippen LogP contribution is 2.26. The fraction of sp³-hybridized carbons (Fsp3) is 0.364. The van der Waals surface area contributed by atoms with E-state index in [1.54, 1.807) is 0 Å². The summed E-state index contributed by atoms with van der Waals surface area (Å²) in [5, 5.41) is 0. The Labute approximate surface area is 165 Å². The number of carbonyl (C=O) groups excluding carboxylic acids is 2. The van der Waals surface area contributed by atoms with Crippen molar-refractivity contribution in [2.45, 2.75) is 32.6 Å². The number of fused-ring (bicyclic) bond motifs is 1. The summed E-state index contributed by atoms with van der Waals surface area (Å²) in [5.41, 5.74) is 8.38. The molecule has 0 saturated carbocycles. The Bertz CT molecular complexity index is 822. The average Bonchev–Trinajstić information content (AvgIpc) is 2.72. The number of nitrogens with zero attached hydrogens (tertiary/aromatic N) is 1. The SMILES string of the molecule is CCOc1ccccc1CCC(=O)NNC(=O)CN1CCCc2ccccc21. The molecular weight excluding hydrogens is 354 g/mol. The van der Waals surface area contributed by atoms with E-state index in [1.165, 1.54) is 5.56 Å². The molecule has 0 fully saturated rings. The minimum Gasteiger partial charge on any atom is -0.494 e. The topological polar surface area (TPSA) is 70.7 Å². The summed E-state index contributed by atoms with van der Waals surface area (Å²) >= 11 is 0. The van der Waals surface area contributed by atoms with Gasteiger partial charge in [-0.1, -0.05) is 36.4 Å². The van der Waals surface area contributed by atoms with Crippen molar-refractivity contribution in [2.75, 3.05) is 24.6 Å². The van der Waals surface area contributed by atoms with E-state index >= 15 is 0 Å². The molecule has 6 nitrogen and oxygen atoms in total. The second-order valence-corrected chi connectivity index (χ2v) is 6.79. The van der Waals surface area contributed by atoms with Crippen LogP contribution in [0.25, 0.3) is 0 Å². The molecular formula is C22H27N3O3. The smallest absolute Gasteiger partial charge is 0.257 e. The number of hydrogen-bond acceptors (Lipinski definition) is 4. The molecule has 2 amide bonds. The molecule has 2 N–H and O–H groups in total. The summed E-state index contributed by atoms with van der Waals surface area (Å²) in [6, 6.07) is 15.8. The number of nitrogens with one attached hydrogen (secondary N) is 2. The number of anilines is 1. The monoisotopic (exact) mass is 381 g/mol. The highest BCUT2D eigenvalue weighted by molar-refractivity contribution is 5.85. The lowest BCUT2D eigenvalue weighted by molar-refractivity contribution is -0.128. The van der Waals surface area contributed by atoms with Crippen molar-refractivity contribution >= 4 is 17.5 Å². The Kier molecular flexibility index (Phi) is 6.89. The van der Waals surface area contributed by atoms with Gasteiger partial charge in [0.2, 0.25) is 5.91 Å². The number of amides is 2. The molecule has 2 aromatic carbocycles. The van der Waals surface area contributed by atoms with Crippen LogP contribution < -0.4 is 20.5 Å². The van der Waals surface area contributed by atoms with Crippen LogP contribution >= 0.6 is 0 Å². The van der Waals surface area contributed by atoms with Gasteiger partial charge in [-0.2, -0.15) is 0 Å². The summed E-state index contributed by atoms with van der Waals surface area (Å²) in [4.78, 5) is 26.4. The van der Waals surface area contributed by atoms with E-state index in [-0.39, 0.29) is 24.8 Å². The Morgan fingerprint density at radius 1 is 1.04 bits per heavy atom. The lowest BCUT2D eigenvalue weighted by Crippen LogP contribution is -2.47. The van der Waals surface area contributed by atoms with Gasteiger partial charge in [-0.3, -0.25) is 20.4 Å². The van der Waals surface area contributed by atoms with E-state index < -0.39 is 0 Å². The maximum atomic E-state index is 12.3. The summed E-state index contributed by atoms with van der Waals surface area (Å²) in [6.07, 6.45) is 2.89. The standard InChI is InChI=1S/C22H27N3O3/c1-2-28-20-12-6-4-9-18(20)13-14-21(26)23-24-22(27)16-25-15-7-10-17-8-3-5-11-19(17)25/h3-6,8-9,11-12H,2,7,10,13-16H2,1H3,(H,23,26)(H,24,27). The number of carbonyl (C=O) groups is 2. The zero-order chi connectivity index (χ0) is 19.8. The lowest BCUT2D eigenvalue weighted by Gasteiger charge is -2.30. The van der Waals surface area contributed by atoms with Gasteiger partial charge >= 0.3 is 0 Å². The third-order valence-corrected chi connectivity index (χ3v) is 4.78. The molecule has 148 valence electrons. The Morgan fingerprint density at radius 3 is 2.64 bits per heavy atom. The second-order valence-electron chi connectivity index (χ2n) is 6.79. The lowest BCUT2D eigenvalue weighted by atomic mass is 10.0. The van der Waals surface area contributed by atoms with Crippen LogP contribution in [-0.2, 0) is 22.4 Å². The van der Waals surface area contributed by atoms with Gasteiger partial charge in [0, 0.05) is 18.7 Å². The van der Waals surface area contributed by atoms with Gasteiger partial charge in [0.05, 0.1) is 13.2 Å². The van der Waals surface area contributed by atoms with Crippen LogP contribution in [0.1, 0.15) is 30.9 Å². The van der Waals surface area contributed by atoms with Crippen LogP contribution in [0.4, 0.5) is 5.69 Å². The van der Waals surface area contributed by atoms with Crippen LogP contribution in [0, 0.1) is 0 Å². The van der Waals surface area contributed by atoms with Crippen molar-refractivity contribution in [1.29, 1.82) is 0 Å². The van der Waals surface area contributed by atoms with Crippen LogP contribution in [-0.4, -0.2) is 31.5 Å². The predicted octanol–water partition coefficient (Wildman–Crippen LogP) is 2.62. The van der Waals surface area contributed by atoms with E-state index in [4.69, 9.17) is 4.74 Å². The number of ether oxygens (including phenoxy) is 1. The van der Waals surface area contributed by atoms with Crippen molar-refractivity contribution < 1.29 is 14.3 Å². The highest BCUT2D eigenvalue weighted by Gasteiger charge is 2.18. The van der Waals surface area contributed by atoms with Gasteiger partial charge in [-0.25, -0.2) is 0 Å². The van der Waals surface area contributed by atoms with Crippen LogP contribution in [0.3, 0.4) is 0 Å². The molecule has 6 heteroatoms. The van der Waals surface area contributed by atoms with Gasteiger partial charge in [-0.15, -0.1) is 0 Å². The van der Waals surface area contributed by atoms with Gasteiger partial charge in [0.15, 0.2) is 0 Å². The number of hydrogen-bond donors (Lipinski definition) is 2. The van der Waals surface area contributed by atoms with Crippen molar-refractivity contribution in [1.82, 2.24) is 10.9 Å². The second kappa shape index (κ2) is 9.78. The zero-order valence-corrected chi connectivity index (χ0v) is 16.2. The van der Waals surface area contributed by atoms with Crippen LogP contribution in [0.15, 0.2) is 48.5 Å². The van der Waals surface area contributed by atoms with Crippen LogP contribution in [0.5, 0.6) is 5.75 Å². The normalized spacial score (nSPS) is 12.8. The summed E-state index contributed by atoms with van der Waals surface area (Å²) < 4.78 is 5.57. The maximum Gasteiger partial charge on any atom is 0.257 e. The summed E-state index contributed by atoms with van der Waals surface area (Å²) in [6.45, 7) is 3.58. The number of para-hydroxylation sites is 2. The van der Waals surface area contributed by atoms with Gasteiger partial charge in [0.1, 0.15) is 5.75 Å².